The first-order chi connectivity index (χ1) is 10.1. The molecule has 0 fully saturated rings. The van der Waals surface area contributed by atoms with Crippen molar-refractivity contribution in [1.82, 2.24) is 20.2 Å². The van der Waals surface area contributed by atoms with Crippen LogP contribution in [-0.2, 0) is 6.54 Å². The van der Waals surface area contributed by atoms with Crippen LogP contribution in [0.3, 0.4) is 0 Å². The predicted molar refractivity (Wildman–Crippen MR) is 85.6 cm³/mol. The number of tetrazole rings is 1. The van der Waals surface area contributed by atoms with Gasteiger partial charge in [0.15, 0.2) is 5.82 Å². The molecule has 0 spiro atoms. The number of hydrogen-bond donors (Lipinski definition) is 1. The molecule has 0 atom stereocenters. The standard InChI is InChI=1S/C15H14BrN5/c1-10-8-13(17)6-7-14(10)15-18-19-20-21(15)9-11-2-4-12(16)5-3-11/h2-8H,9,17H2,1H3. The van der Waals surface area contributed by atoms with Crippen molar-refractivity contribution < 1.29 is 0 Å². The molecule has 2 N–H and O–H groups in total. The third-order valence-electron chi connectivity index (χ3n) is 3.27. The topological polar surface area (TPSA) is 69.6 Å². The molecule has 3 aromatic rings. The molecule has 0 unspecified atom stereocenters. The smallest absolute Gasteiger partial charge is 0.182 e. The summed E-state index contributed by atoms with van der Waals surface area (Å²) in [6, 6.07) is 13.8. The van der Waals surface area contributed by atoms with Crippen LogP contribution >= 0.6 is 15.9 Å². The zero-order chi connectivity index (χ0) is 14.8. The number of hydrogen-bond acceptors (Lipinski definition) is 4. The normalized spacial score (nSPS) is 10.8. The molecule has 0 aliphatic rings. The van der Waals surface area contributed by atoms with Gasteiger partial charge >= 0.3 is 0 Å². The van der Waals surface area contributed by atoms with Crippen LogP contribution in [-0.4, -0.2) is 20.2 Å². The average molecular weight is 344 g/mol. The van der Waals surface area contributed by atoms with Gasteiger partial charge in [0, 0.05) is 15.7 Å². The highest BCUT2D eigenvalue weighted by Crippen LogP contribution is 2.23. The Morgan fingerprint density at radius 3 is 2.62 bits per heavy atom. The van der Waals surface area contributed by atoms with Crippen molar-refractivity contribution in [3.8, 4) is 11.4 Å². The fourth-order valence-corrected chi connectivity index (χ4v) is 2.47. The molecule has 6 heteroatoms. The van der Waals surface area contributed by atoms with E-state index in [9.17, 15) is 0 Å². The number of nitrogen functional groups attached to an aromatic ring is 1. The third-order valence-corrected chi connectivity index (χ3v) is 3.80. The second kappa shape index (κ2) is 5.65. The molecule has 5 nitrogen and oxygen atoms in total. The highest BCUT2D eigenvalue weighted by molar-refractivity contribution is 9.10. The summed E-state index contributed by atoms with van der Waals surface area (Å²) in [4.78, 5) is 0. The Kier molecular flexibility index (Phi) is 3.70. The molecule has 1 heterocycles. The predicted octanol–water partition coefficient (Wildman–Crippen LogP) is 3.04. The van der Waals surface area contributed by atoms with Gasteiger partial charge in [-0.25, -0.2) is 4.68 Å². The van der Waals surface area contributed by atoms with Crippen LogP contribution in [0.1, 0.15) is 11.1 Å². The zero-order valence-corrected chi connectivity index (χ0v) is 13.1. The number of nitrogens with two attached hydrogens (primary N) is 1. The molecule has 21 heavy (non-hydrogen) atoms. The van der Waals surface area contributed by atoms with Crippen molar-refractivity contribution in [1.29, 1.82) is 0 Å². The van der Waals surface area contributed by atoms with E-state index in [-0.39, 0.29) is 0 Å². The van der Waals surface area contributed by atoms with Crippen molar-refractivity contribution in [2.24, 2.45) is 0 Å². The Morgan fingerprint density at radius 1 is 1.14 bits per heavy atom. The van der Waals surface area contributed by atoms with Gasteiger partial charge in [-0.3, -0.25) is 0 Å². The monoisotopic (exact) mass is 343 g/mol. The molecule has 0 saturated heterocycles. The van der Waals surface area contributed by atoms with E-state index in [1.807, 2.05) is 49.4 Å². The molecule has 0 aliphatic heterocycles. The lowest BCUT2D eigenvalue weighted by Crippen LogP contribution is -2.05. The molecule has 106 valence electrons. The Hall–Kier alpha value is -2.21. The average Bonchev–Trinajstić information content (AvgIpc) is 2.89. The minimum absolute atomic E-state index is 0.624. The second-order valence-electron chi connectivity index (χ2n) is 4.86. The van der Waals surface area contributed by atoms with E-state index >= 15 is 0 Å². The second-order valence-corrected chi connectivity index (χ2v) is 5.78. The van der Waals surface area contributed by atoms with Crippen LogP contribution in [0.5, 0.6) is 0 Å². The summed E-state index contributed by atoms with van der Waals surface area (Å²) in [6.45, 7) is 2.63. The molecule has 1 aromatic heterocycles. The lowest BCUT2D eigenvalue weighted by molar-refractivity contribution is 0.653. The minimum Gasteiger partial charge on any atom is -0.399 e. The molecule has 0 amide bonds. The van der Waals surface area contributed by atoms with Crippen molar-refractivity contribution in [3.05, 3.63) is 58.1 Å². The molecular formula is C15H14BrN5. The lowest BCUT2D eigenvalue weighted by atomic mass is 10.1. The first-order valence-electron chi connectivity index (χ1n) is 6.50. The summed E-state index contributed by atoms with van der Waals surface area (Å²) in [5.41, 5.74) is 9.72. The van der Waals surface area contributed by atoms with Crippen LogP contribution in [0.2, 0.25) is 0 Å². The van der Waals surface area contributed by atoms with E-state index in [0.29, 0.717) is 6.54 Å². The quantitative estimate of drug-likeness (QED) is 0.742. The van der Waals surface area contributed by atoms with Crippen LogP contribution in [0, 0.1) is 6.92 Å². The van der Waals surface area contributed by atoms with Crippen LogP contribution < -0.4 is 5.73 Å². The van der Waals surface area contributed by atoms with E-state index in [1.165, 1.54) is 0 Å². The molecule has 2 aromatic carbocycles. The van der Waals surface area contributed by atoms with Gasteiger partial charge in [-0.05, 0) is 58.8 Å². The summed E-state index contributed by atoms with van der Waals surface area (Å²) in [5.74, 6) is 0.746. The molecule has 0 aliphatic carbocycles. The maximum absolute atomic E-state index is 5.79. The molecule has 0 bridgehead atoms. The van der Waals surface area contributed by atoms with Crippen molar-refractivity contribution in [3.63, 3.8) is 0 Å². The Bertz CT molecular complexity index is 764. The fourth-order valence-electron chi connectivity index (χ4n) is 2.20. The zero-order valence-electron chi connectivity index (χ0n) is 11.5. The first-order valence-corrected chi connectivity index (χ1v) is 7.30. The van der Waals surface area contributed by atoms with Gasteiger partial charge in [-0.2, -0.15) is 0 Å². The Morgan fingerprint density at radius 2 is 1.90 bits per heavy atom. The van der Waals surface area contributed by atoms with Gasteiger partial charge in [-0.15, -0.1) is 5.10 Å². The van der Waals surface area contributed by atoms with Crippen molar-refractivity contribution in [2.45, 2.75) is 13.5 Å². The fraction of sp³-hybridized carbons (Fsp3) is 0.133. The van der Waals surface area contributed by atoms with Crippen LogP contribution in [0.25, 0.3) is 11.4 Å². The van der Waals surface area contributed by atoms with E-state index in [2.05, 4.69) is 31.5 Å². The first kappa shape index (κ1) is 13.8. The number of aryl methyl sites for hydroxylation is 1. The van der Waals surface area contributed by atoms with Crippen molar-refractivity contribution >= 4 is 21.6 Å². The van der Waals surface area contributed by atoms with Gasteiger partial charge < -0.3 is 5.73 Å². The highest BCUT2D eigenvalue weighted by atomic mass is 79.9. The summed E-state index contributed by atoms with van der Waals surface area (Å²) >= 11 is 3.43. The largest absolute Gasteiger partial charge is 0.399 e. The van der Waals surface area contributed by atoms with E-state index in [1.54, 1.807) is 4.68 Å². The lowest BCUT2D eigenvalue weighted by Gasteiger charge is -2.08. The number of anilines is 1. The summed E-state index contributed by atoms with van der Waals surface area (Å²) in [6.07, 6.45) is 0. The SMILES string of the molecule is Cc1cc(N)ccc1-c1nnnn1Cc1ccc(Br)cc1. The van der Waals surface area contributed by atoms with Gasteiger partial charge in [-0.1, -0.05) is 28.1 Å². The number of aromatic nitrogens is 4. The van der Waals surface area contributed by atoms with Gasteiger partial charge in [0.2, 0.25) is 0 Å². The highest BCUT2D eigenvalue weighted by Gasteiger charge is 2.11. The number of rotatable bonds is 3. The summed E-state index contributed by atoms with van der Waals surface area (Å²) in [5, 5.41) is 12.0. The number of benzene rings is 2. The third kappa shape index (κ3) is 2.95. The van der Waals surface area contributed by atoms with E-state index in [0.717, 1.165) is 32.7 Å². The molecule has 0 saturated carbocycles. The molecular weight excluding hydrogens is 330 g/mol. The maximum atomic E-state index is 5.79. The molecule has 3 rings (SSSR count). The van der Waals surface area contributed by atoms with Gasteiger partial charge in [0.1, 0.15) is 0 Å². The van der Waals surface area contributed by atoms with E-state index in [4.69, 9.17) is 5.73 Å². The summed E-state index contributed by atoms with van der Waals surface area (Å²) < 4.78 is 2.85. The minimum atomic E-state index is 0.624. The Balaban J connectivity index is 1.95. The summed E-state index contributed by atoms with van der Waals surface area (Å²) in [7, 11) is 0. The van der Waals surface area contributed by atoms with Crippen LogP contribution in [0.4, 0.5) is 5.69 Å². The van der Waals surface area contributed by atoms with Gasteiger partial charge in [0.25, 0.3) is 0 Å². The number of nitrogens with zero attached hydrogens (tertiary/aromatic N) is 4. The number of halogens is 1. The van der Waals surface area contributed by atoms with E-state index < -0.39 is 0 Å². The Labute approximate surface area is 130 Å². The maximum Gasteiger partial charge on any atom is 0.182 e. The van der Waals surface area contributed by atoms with Crippen LogP contribution in [0.15, 0.2) is 46.9 Å². The van der Waals surface area contributed by atoms with Gasteiger partial charge in [0.05, 0.1) is 6.54 Å². The molecule has 0 radical (unpaired) electrons. The van der Waals surface area contributed by atoms with Crippen molar-refractivity contribution in [2.75, 3.05) is 5.73 Å².